The fourth-order valence-corrected chi connectivity index (χ4v) is 3.45. The molecule has 1 amide bonds. The molecule has 0 aliphatic carbocycles. The van der Waals surface area contributed by atoms with Crippen molar-refractivity contribution in [2.24, 2.45) is 0 Å². The summed E-state index contributed by atoms with van der Waals surface area (Å²) in [5.41, 5.74) is 1.46. The van der Waals surface area contributed by atoms with Crippen molar-refractivity contribution in [1.82, 2.24) is 10.2 Å². The minimum absolute atomic E-state index is 0.157. The topological polar surface area (TPSA) is 76.1 Å². The number of rotatable bonds is 8. The Hall–Kier alpha value is -1.77. The van der Waals surface area contributed by atoms with E-state index in [0.29, 0.717) is 28.1 Å². The van der Waals surface area contributed by atoms with Crippen LogP contribution in [0.15, 0.2) is 29.1 Å². The van der Waals surface area contributed by atoms with Crippen LogP contribution in [0.25, 0.3) is 0 Å². The predicted octanol–water partition coefficient (Wildman–Crippen LogP) is 3.84. The molecule has 1 aromatic heterocycles. The molecule has 6 nitrogen and oxygen atoms in total. The highest BCUT2D eigenvalue weighted by atomic mass is 35.5. The number of halogens is 1. The number of methoxy groups -OCH3 is 1. The highest BCUT2D eigenvalue weighted by molar-refractivity contribution is 8.01. The molecular weight excluding hydrogens is 368 g/mol. The summed E-state index contributed by atoms with van der Waals surface area (Å²) in [6, 6.07) is 3.47. The summed E-state index contributed by atoms with van der Waals surface area (Å²) in [6.07, 6.45) is 1.74. The number of aryl methyl sites for hydroxylation is 1. The van der Waals surface area contributed by atoms with Crippen molar-refractivity contribution < 1.29 is 9.53 Å². The number of benzene rings is 1. The number of anilines is 2. The van der Waals surface area contributed by atoms with Crippen LogP contribution in [0.3, 0.4) is 0 Å². The Morgan fingerprint density at radius 2 is 2.29 bits per heavy atom. The van der Waals surface area contributed by atoms with E-state index in [-0.39, 0.29) is 11.7 Å². The molecule has 0 atom stereocenters. The largest absolute Gasteiger partial charge is 0.495 e. The molecule has 0 radical (unpaired) electrons. The van der Waals surface area contributed by atoms with Gasteiger partial charge in [0.05, 0.1) is 18.6 Å². The zero-order valence-corrected chi connectivity index (χ0v) is 15.6. The van der Waals surface area contributed by atoms with Crippen molar-refractivity contribution in [3.8, 4) is 5.75 Å². The van der Waals surface area contributed by atoms with Gasteiger partial charge in [0.15, 0.2) is 4.34 Å². The van der Waals surface area contributed by atoms with E-state index < -0.39 is 0 Å². The molecule has 1 aromatic carbocycles. The van der Waals surface area contributed by atoms with Gasteiger partial charge in [0.25, 0.3) is 0 Å². The second kappa shape index (κ2) is 8.91. The molecule has 128 valence electrons. The fraction of sp³-hybridized carbons (Fsp3) is 0.267. The van der Waals surface area contributed by atoms with Crippen molar-refractivity contribution >= 4 is 51.4 Å². The van der Waals surface area contributed by atoms with Crippen LogP contribution < -0.4 is 15.4 Å². The van der Waals surface area contributed by atoms with Crippen LogP contribution in [-0.2, 0) is 4.79 Å². The number of hydrogen-bond donors (Lipinski definition) is 2. The smallest absolute Gasteiger partial charge is 0.234 e. The number of ether oxygens (including phenoxy) is 1. The van der Waals surface area contributed by atoms with Crippen molar-refractivity contribution in [1.29, 1.82) is 0 Å². The van der Waals surface area contributed by atoms with Crippen LogP contribution in [0.4, 0.5) is 10.8 Å². The van der Waals surface area contributed by atoms with Gasteiger partial charge in [0, 0.05) is 17.6 Å². The first-order valence-electron chi connectivity index (χ1n) is 6.98. The summed E-state index contributed by atoms with van der Waals surface area (Å²) in [4.78, 5) is 12.1. The van der Waals surface area contributed by atoms with Crippen LogP contribution in [0.2, 0.25) is 5.02 Å². The normalized spacial score (nSPS) is 10.3. The van der Waals surface area contributed by atoms with Gasteiger partial charge in [-0.3, -0.25) is 4.79 Å². The first-order chi connectivity index (χ1) is 11.5. The van der Waals surface area contributed by atoms with E-state index in [1.165, 1.54) is 30.2 Å². The van der Waals surface area contributed by atoms with E-state index in [2.05, 4.69) is 27.4 Å². The van der Waals surface area contributed by atoms with Gasteiger partial charge in [0.2, 0.25) is 11.0 Å². The molecule has 1 heterocycles. The number of hydrogen-bond acceptors (Lipinski definition) is 7. The maximum atomic E-state index is 12.1. The SMILES string of the molecule is C=CCNc1nnc(SCC(=O)Nc2cc(C)c(Cl)cc2OC)s1. The molecule has 2 N–H and O–H groups in total. The Bertz CT molecular complexity index is 736. The van der Waals surface area contributed by atoms with Crippen LogP contribution in [-0.4, -0.2) is 35.5 Å². The number of nitrogens with one attached hydrogen (secondary N) is 2. The lowest BCUT2D eigenvalue weighted by Gasteiger charge is -2.11. The van der Waals surface area contributed by atoms with Crippen molar-refractivity contribution in [2.45, 2.75) is 11.3 Å². The average molecular weight is 385 g/mol. The molecular formula is C15H17ClN4O2S2. The molecule has 2 rings (SSSR count). The number of nitrogens with zero attached hydrogens (tertiary/aromatic N) is 2. The zero-order valence-electron chi connectivity index (χ0n) is 13.3. The second-order valence-electron chi connectivity index (χ2n) is 4.68. The van der Waals surface area contributed by atoms with Crippen LogP contribution >= 0.6 is 34.7 Å². The van der Waals surface area contributed by atoms with E-state index in [1.807, 2.05) is 6.92 Å². The summed E-state index contributed by atoms with van der Waals surface area (Å²) < 4.78 is 5.96. The van der Waals surface area contributed by atoms with Gasteiger partial charge in [0.1, 0.15) is 5.75 Å². The zero-order chi connectivity index (χ0) is 17.5. The molecule has 2 aromatic rings. The standard InChI is InChI=1S/C15H17ClN4O2S2/c1-4-5-17-14-19-20-15(24-14)23-8-13(21)18-11-6-9(2)10(16)7-12(11)22-3/h4,6-7H,1,5,8H2,2-3H3,(H,17,19)(H,18,21). The number of carbonyl (C=O) groups is 1. The van der Waals surface area contributed by atoms with Gasteiger partial charge >= 0.3 is 0 Å². The van der Waals surface area contributed by atoms with Crippen LogP contribution in [0.5, 0.6) is 5.75 Å². The van der Waals surface area contributed by atoms with Gasteiger partial charge in [-0.05, 0) is 18.6 Å². The van der Waals surface area contributed by atoms with E-state index >= 15 is 0 Å². The molecule has 0 spiro atoms. The summed E-state index contributed by atoms with van der Waals surface area (Å²) in [7, 11) is 1.53. The lowest BCUT2D eigenvalue weighted by Crippen LogP contribution is -2.14. The summed E-state index contributed by atoms with van der Waals surface area (Å²) in [6.45, 7) is 6.11. The lowest BCUT2D eigenvalue weighted by molar-refractivity contribution is -0.113. The number of carbonyl (C=O) groups excluding carboxylic acids is 1. The van der Waals surface area contributed by atoms with Crippen molar-refractivity contribution in [2.75, 3.05) is 30.0 Å². The predicted molar refractivity (Wildman–Crippen MR) is 101 cm³/mol. The Kier molecular flexibility index (Phi) is 6.89. The molecule has 0 unspecified atom stereocenters. The monoisotopic (exact) mass is 384 g/mol. The summed E-state index contributed by atoms with van der Waals surface area (Å²) >= 11 is 8.77. The minimum Gasteiger partial charge on any atom is -0.495 e. The maximum Gasteiger partial charge on any atom is 0.234 e. The van der Waals surface area contributed by atoms with Gasteiger partial charge < -0.3 is 15.4 Å². The highest BCUT2D eigenvalue weighted by Crippen LogP contribution is 2.31. The Labute approximate surface area is 153 Å². The maximum absolute atomic E-state index is 12.1. The number of amides is 1. The van der Waals surface area contributed by atoms with Gasteiger partial charge in [-0.25, -0.2) is 0 Å². The highest BCUT2D eigenvalue weighted by Gasteiger charge is 2.12. The van der Waals surface area contributed by atoms with E-state index in [0.717, 1.165) is 9.90 Å². The number of aromatic nitrogens is 2. The van der Waals surface area contributed by atoms with Crippen molar-refractivity contribution in [3.05, 3.63) is 35.4 Å². The molecule has 24 heavy (non-hydrogen) atoms. The average Bonchev–Trinajstić information content (AvgIpc) is 3.02. The van der Waals surface area contributed by atoms with Gasteiger partial charge in [-0.2, -0.15) is 0 Å². The number of thioether (sulfide) groups is 1. The molecule has 0 saturated heterocycles. The van der Waals surface area contributed by atoms with E-state index in [1.54, 1.807) is 18.2 Å². The van der Waals surface area contributed by atoms with E-state index in [4.69, 9.17) is 16.3 Å². The molecule has 0 fully saturated rings. The van der Waals surface area contributed by atoms with Crippen molar-refractivity contribution in [3.63, 3.8) is 0 Å². The first-order valence-corrected chi connectivity index (χ1v) is 9.16. The van der Waals surface area contributed by atoms with Gasteiger partial charge in [-0.1, -0.05) is 40.8 Å². The van der Waals surface area contributed by atoms with Crippen LogP contribution in [0.1, 0.15) is 5.56 Å². The third-order valence-corrected chi connectivity index (χ3v) is 5.31. The Morgan fingerprint density at radius 3 is 3.00 bits per heavy atom. The second-order valence-corrected chi connectivity index (χ2v) is 7.29. The Balaban J connectivity index is 1.93. The summed E-state index contributed by atoms with van der Waals surface area (Å²) in [5, 5.41) is 15.2. The molecule has 0 saturated carbocycles. The minimum atomic E-state index is -0.157. The summed E-state index contributed by atoms with van der Waals surface area (Å²) in [5.74, 6) is 0.590. The third-order valence-electron chi connectivity index (χ3n) is 2.89. The van der Waals surface area contributed by atoms with E-state index in [9.17, 15) is 4.79 Å². The lowest BCUT2D eigenvalue weighted by atomic mass is 10.2. The fourth-order valence-electron chi connectivity index (χ4n) is 1.74. The first kappa shape index (κ1) is 18.6. The molecule has 9 heteroatoms. The third kappa shape index (κ3) is 5.12. The molecule has 0 aliphatic rings. The molecule has 0 aliphatic heterocycles. The Morgan fingerprint density at radius 1 is 1.50 bits per heavy atom. The van der Waals surface area contributed by atoms with Crippen LogP contribution in [0, 0.1) is 6.92 Å². The quantitative estimate of drug-likeness (QED) is 0.532. The van der Waals surface area contributed by atoms with Gasteiger partial charge in [-0.15, -0.1) is 16.8 Å². The molecule has 0 bridgehead atoms.